The molecule has 0 spiro atoms. The summed E-state index contributed by atoms with van der Waals surface area (Å²) in [5, 5.41) is 0.515. The Labute approximate surface area is 203 Å². The number of thioether (sulfide) groups is 1. The lowest BCUT2D eigenvalue weighted by molar-refractivity contribution is -0.145. The molecule has 1 heterocycles. The lowest BCUT2D eigenvalue weighted by atomic mass is 10.2. The highest BCUT2D eigenvalue weighted by Gasteiger charge is 2.32. The van der Waals surface area contributed by atoms with E-state index in [1.807, 2.05) is 6.92 Å². The van der Waals surface area contributed by atoms with Crippen molar-refractivity contribution in [3.63, 3.8) is 0 Å². The van der Waals surface area contributed by atoms with Gasteiger partial charge >= 0.3 is 5.97 Å². The molecule has 1 aliphatic rings. The third-order valence-electron chi connectivity index (χ3n) is 4.44. The Kier molecular flexibility index (Phi) is 8.51. The number of halogens is 2. The summed E-state index contributed by atoms with van der Waals surface area (Å²) >= 11 is 4.67. The Balaban J connectivity index is 1.87. The van der Waals surface area contributed by atoms with Gasteiger partial charge in [0.2, 0.25) is 0 Å². The van der Waals surface area contributed by atoms with Gasteiger partial charge in [-0.3, -0.25) is 9.69 Å². The molecule has 2 aromatic rings. The smallest absolute Gasteiger partial charge is 0.344 e. The predicted octanol–water partition coefficient (Wildman–Crippen LogP) is 5.16. The summed E-state index contributed by atoms with van der Waals surface area (Å²) in [5.74, 6) is -0.272. The zero-order valence-corrected chi connectivity index (χ0v) is 20.7. The van der Waals surface area contributed by atoms with E-state index in [1.54, 1.807) is 42.2 Å². The highest BCUT2D eigenvalue weighted by Crippen LogP contribution is 2.39. The molecule has 2 aromatic carbocycles. The van der Waals surface area contributed by atoms with Gasteiger partial charge in [0, 0.05) is 6.54 Å². The van der Waals surface area contributed by atoms with Gasteiger partial charge in [-0.15, -0.1) is 0 Å². The predicted molar refractivity (Wildman–Crippen MR) is 129 cm³/mol. The molecule has 7 nitrogen and oxygen atoms in total. The molecule has 3 rings (SSSR count). The number of benzene rings is 2. The van der Waals surface area contributed by atoms with Crippen molar-refractivity contribution >= 4 is 56.5 Å². The van der Waals surface area contributed by atoms with Crippen molar-refractivity contribution in [2.45, 2.75) is 13.8 Å². The van der Waals surface area contributed by atoms with Crippen molar-refractivity contribution in [2.75, 3.05) is 26.9 Å². The molecule has 1 saturated heterocycles. The van der Waals surface area contributed by atoms with Crippen molar-refractivity contribution in [1.29, 1.82) is 0 Å². The van der Waals surface area contributed by atoms with Gasteiger partial charge in [-0.2, -0.15) is 0 Å². The summed E-state index contributed by atoms with van der Waals surface area (Å²) in [6.07, 6.45) is 1.73. The summed E-state index contributed by atoms with van der Waals surface area (Å²) in [5.41, 5.74) is 1.25. The number of ether oxygens (including phenoxy) is 3. The number of hydrogen-bond donors (Lipinski definition) is 0. The number of carbonyl (C=O) groups is 2. The average Bonchev–Trinajstić information content (AvgIpc) is 3.08. The number of rotatable bonds is 8. The Morgan fingerprint density at radius 1 is 1.24 bits per heavy atom. The zero-order valence-electron chi connectivity index (χ0n) is 18.3. The molecule has 0 bridgehead atoms. The minimum absolute atomic E-state index is 0.180. The molecule has 0 saturated carbocycles. The third-order valence-corrected chi connectivity index (χ3v) is 6.04. The second-order valence-corrected chi connectivity index (χ2v) is 8.52. The largest absolute Gasteiger partial charge is 0.493 e. The summed E-state index contributed by atoms with van der Waals surface area (Å²) in [6.45, 7) is 4.02. The maximum Gasteiger partial charge on any atom is 0.344 e. The first-order chi connectivity index (χ1) is 15.9. The molecule has 0 atom stereocenters. The fraction of sp³-hybridized carbons (Fsp3) is 0.261. The van der Waals surface area contributed by atoms with E-state index in [0.29, 0.717) is 43.8 Å². The van der Waals surface area contributed by atoms with Crippen LogP contribution in [0, 0.1) is 5.82 Å². The van der Waals surface area contributed by atoms with Crippen LogP contribution in [0.4, 0.5) is 10.1 Å². The Bertz CT molecular complexity index is 1100. The summed E-state index contributed by atoms with van der Waals surface area (Å²) < 4.78 is 29.6. The number of amides is 1. The quantitative estimate of drug-likeness (QED) is 0.342. The number of hydrogen-bond acceptors (Lipinski definition) is 7. The fourth-order valence-electron chi connectivity index (χ4n) is 2.94. The Morgan fingerprint density at radius 3 is 2.61 bits per heavy atom. The molecule has 33 heavy (non-hydrogen) atoms. The molecule has 0 radical (unpaired) electrons. The number of likely N-dealkylation sites (N-methyl/N-ethyl adjacent to an activating group) is 1. The summed E-state index contributed by atoms with van der Waals surface area (Å²) in [4.78, 5) is 31.1. The minimum Gasteiger partial charge on any atom is -0.493 e. The Morgan fingerprint density at radius 2 is 1.97 bits per heavy atom. The number of esters is 1. The summed E-state index contributed by atoms with van der Waals surface area (Å²) in [6, 6.07) is 9.22. The monoisotopic (exact) mass is 536 g/mol. The lowest BCUT2D eigenvalue weighted by Gasteiger charge is -2.13. The van der Waals surface area contributed by atoms with E-state index in [-0.39, 0.29) is 24.9 Å². The maximum absolute atomic E-state index is 13.2. The van der Waals surface area contributed by atoms with Gasteiger partial charge in [-0.25, -0.2) is 14.2 Å². The van der Waals surface area contributed by atoms with Gasteiger partial charge in [0.1, 0.15) is 5.82 Å². The van der Waals surface area contributed by atoms with Gasteiger partial charge in [-0.05, 0) is 89.6 Å². The van der Waals surface area contributed by atoms with Crippen molar-refractivity contribution < 1.29 is 28.2 Å². The second kappa shape index (κ2) is 11.3. The molecule has 0 unspecified atom stereocenters. The Hall–Kier alpha value is -2.85. The van der Waals surface area contributed by atoms with Crippen LogP contribution in [0.1, 0.15) is 19.4 Å². The van der Waals surface area contributed by atoms with Crippen LogP contribution in [0.15, 0.2) is 50.8 Å². The third kappa shape index (κ3) is 6.14. The average molecular weight is 537 g/mol. The molecule has 10 heteroatoms. The topological polar surface area (TPSA) is 77.4 Å². The highest BCUT2D eigenvalue weighted by atomic mass is 79.9. The highest BCUT2D eigenvalue weighted by molar-refractivity contribution is 9.10. The van der Waals surface area contributed by atoms with Crippen LogP contribution in [0.5, 0.6) is 11.5 Å². The van der Waals surface area contributed by atoms with Gasteiger partial charge in [0.15, 0.2) is 23.3 Å². The van der Waals surface area contributed by atoms with E-state index in [1.165, 1.54) is 31.0 Å². The molecule has 0 N–H and O–H groups in total. The molecule has 1 amide bonds. The molecular formula is C23H22BrFN2O5S. The number of carbonyl (C=O) groups excluding carboxylic acids is 2. The molecule has 0 aliphatic carbocycles. The molecular weight excluding hydrogens is 515 g/mol. The van der Waals surface area contributed by atoms with E-state index in [0.717, 1.165) is 0 Å². The van der Waals surface area contributed by atoms with Crippen LogP contribution in [0.3, 0.4) is 0 Å². The first-order valence-corrected chi connectivity index (χ1v) is 11.7. The standard InChI is InChI=1S/C23H22BrFN2O5S/c1-4-27-22(29)19(33-23(27)26-16-8-6-15(25)7-9-16)12-14-10-17(24)21(18(11-14)30-3)32-13-20(28)31-5-2/h6-12H,4-5,13H2,1-3H3/b19-12+,26-23?. The van der Waals surface area contributed by atoms with Crippen LogP contribution in [-0.2, 0) is 14.3 Å². The van der Waals surface area contributed by atoms with Crippen molar-refractivity contribution in [2.24, 2.45) is 4.99 Å². The van der Waals surface area contributed by atoms with Gasteiger partial charge in [-0.1, -0.05) is 0 Å². The van der Waals surface area contributed by atoms with Crippen molar-refractivity contribution in [3.05, 3.63) is 57.2 Å². The SMILES string of the molecule is CCOC(=O)COc1c(Br)cc(/C=C2/SC(=Nc3ccc(F)cc3)N(CC)C2=O)cc1OC. The van der Waals surface area contributed by atoms with Gasteiger partial charge < -0.3 is 14.2 Å². The van der Waals surface area contributed by atoms with Crippen molar-refractivity contribution in [1.82, 2.24) is 4.90 Å². The van der Waals surface area contributed by atoms with Gasteiger partial charge in [0.05, 0.1) is 28.8 Å². The van der Waals surface area contributed by atoms with E-state index >= 15 is 0 Å². The maximum atomic E-state index is 13.2. The van der Waals surface area contributed by atoms with Crippen LogP contribution >= 0.6 is 27.7 Å². The molecule has 0 aromatic heterocycles. The lowest BCUT2D eigenvalue weighted by Crippen LogP contribution is -2.28. The number of methoxy groups -OCH3 is 1. The normalized spacial score (nSPS) is 15.9. The van der Waals surface area contributed by atoms with Crippen LogP contribution in [-0.4, -0.2) is 48.8 Å². The van der Waals surface area contributed by atoms with Crippen LogP contribution < -0.4 is 9.47 Å². The van der Waals surface area contributed by atoms with E-state index in [4.69, 9.17) is 14.2 Å². The molecule has 1 fully saturated rings. The zero-order chi connectivity index (χ0) is 24.0. The van der Waals surface area contributed by atoms with Crippen molar-refractivity contribution in [3.8, 4) is 11.5 Å². The summed E-state index contributed by atoms with van der Waals surface area (Å²) in [7, 11) is 1.48. The van der Waals surface area contributed by atoms with Crippen LogP contribution in [0.25, 0.3) is 6.08 Å². The first kappa shape index (κ1) is 24.8. The number of aliphatic imine (C=N–C) groups is 1. The van der Waals surface area contributed by atoms with E-state index in [2.05, 4.69) is 20.9 Å². The second-order valence-electron chi connectivity index (χ2n) is 6.66. The molecule has 1 aliphatic heterocycles. The fourth-order valence-corrected chi connectivity index (χ4v) is 4.58. The van der Waals surface area contributed by atoms with Crippen LogP contribution in [0.2, 0.25) is 0 Å². The van der Waals surface area contributed by atoms with E-state index in [9.17, 15) is 14.0 Å². The minimum atomic E-state index is -0.488. The number of nitrogens with zero attached hydrogens (tertiary/aromatic N) is 2. The number of amidine groups is 1. The first-order valence-electron chi connectivity index (χ1n) is 10.1. The van der Waals surface area contributed by atoms with E-state index < -0.39 is 5.97 Å². The molecule has 174 valence electrons. The van der Waals surface area contributed by atoms with Gasteiger partial charge in [0.25, 0.3) is 5.91 Å².